The number of carbonyl (C=O) groups is 2. The number of amides is 1. The van der Waals surface area contributed by atoms with Gasteiger partial charge < -0.3 is 9.72 Å². The zero-order valence-corrected chi connectivity index (χ0v) is 17.1. The number of rotatable bonds is 3. The van der Waals surface area contributed by atoms with Gasteiger partial charge in [-0.05, 0) is 56.9 Å². The van der Waals surface area contributed by atoms with E-state index in [1.807, 2.05) is 6.92 Å². The zero-order chi connectivity index (χ0) is 21.1. The van der Waals surface area contributed by atoms with Crippen LogP contribution in [0.4, 0.5) is 5.69 Å². The number of aromatic nitrogens is 1. The maximum absolute atomic E-state index is 13.1. The summed E-state index contributed by atoms with van der Waals surface area (Å²) >= 11 is 0. The van der Waals surface area contributed by atoms with Crippen molar-refractivity contribution >= 4 is 38.9 Å². The van der Waals surface area contributed by atoms with Crippen LogP contribution >= 0.6 is 0 Å². The SMILES string of the molecule is CCOC(=O)c1c(C)[nH]c2c1CC/C2=C1/C(=O)N(S(N)(=O)=O)c2ccc(C)cc21. The van der Waals surface area contributed by atoms with Crippen LogP contribution in [-0.4, -0.2) is 31.9 Å². The van der Waals surface area contributed by atoms with E-state index in [9.17, 15) is 18.0 Å². The van der Waals surface area contributed by atoms with Gasteiger partial charge in [-0.2, -0.15) is 12.7 Å². The fourth-order valence-electron chi connectivity index (χ4n) is 4.19. The summed E-state index contributed by atoms with van der Waals surface area (Å²) in [6.07, 6.45) is 1.05. The number of hydrogen-bond acceptors (Lipinski definition) is 5. The number of allylic oxidation sites excluding steroid dienone is 1. The molecule has 0 radical (unpaired) electrons. The molecule has 0 unspecified atom stereocenters. The normalized spacial score (nSPS) is 18.2. The second-order valence-corrected chi connectivity index (χ2v) is 8.58. The Balaban J connectivity index is 1.96. The average Bonchev–Trinajstić information content (AvgIpc) is 3.23. The minimum absolute atomic E-state index is 0.243. The Morgan fingerprint density at radius 1 is 1.28 bits per heavy atom. The number of aromatic amines is 1. The molecule has 0 saturated heterocycles. The number of carbonyl (C=O) groups excluding carboxylic acids is 2. The number of ether oxygens (including phenoxy) is 1. The molecule has 0 saturated carbocycles. The van der Waals surface area contributed by atoms with E-state index in [0.29, 0.717) is 50.8 Å². The fourth-order valence-corrected chi connectivity index (χ4v) is 4.94. The van der Waals surface area contributed by atoms with Crippen molar-refractivity contribution in [2.45, 2.75) is 33.6 Å². The molecule has 0 spiro atoms. The van der Waals surface area contributed by atoms with Gasteiger partial charge in [-0.25, -0.2) is 9.93 Å². The van der Waals surface area contributed by atoms with Crippen LogP contribution in [0.25, 0.3) is 11.1 Å². The van der Waals surface area contributed by atoms with Gasteiger partial charge in [0, 0.05) is 17.0 Å². The van der Waals surface area contributed by atoms with E-state index >= 15 is 0 Å². The van der Waals surface area contributed by atoms with Gasteiger partial charge in [-0.15, -0.1) is 0 Å². The molecule has 0 fully saturated rings. The largest absolute Gasteiger partial charge is 0.462 e. The van der Waals surface area contributed by atoms with E-state index in [2.05, 4.69) is 4.98 Å². The maximum Gasteiger partial charge on any atom is 0.340 e. The van der Waals surface area contributed by atoms with Crippen LogP contribution in [0, 0.1) is 13.8 Å². The van der Waals surface area contributed by atoms with Gasteiger partial charge in [0.05, 0.1) is 23.4 Å². The van der Waals surface area contributed by atoms with Crippen molar-refractivity contribution in [3.63, 3.8) is 0 Å². The van der Waals surface area contributed by atoms with Crippen LogP contribution in [0.2, 0.25) is 0 Å². The maximum atomic E-state index is 13.1. The quantitative estimate of drug-likeness (QED) is 0.588. The third kappa shape index (κ3) is 2.89. The minimum atomic E-state index is -4.28. The molecule has 2 aromatic rings. The Kier molecular flexibility index (Phi) is 4.39. The molecule has 2 aliphatic rings. The van der Waals surface area contributed by atoms with E-state index in [0.717, 1.165) is 11.1 Å². The van der Waals surface area contributed by atoms with Gasteiger partial charge >= 0.3 is 16.2 Å². The van der Waals surface area contributed by atoms with Gasteiger partial charge in [0.15, 0.2) is 0 Å². The van der Waals surface area contributed by atoms with E-state index in [1.165, 1.54) is 0 Å². The molecule has 4 rings (SSSR count). The summed E-state index contributed by atoms with van der Waals surface area (Å²) in [7, 11) is -4.28. The summed E-state index contributed by atoms with van der Waals surface area (Å²) in [6, 6.07) is 5.09. The molecule has 0 atom stereocenters. The molecule has 1 aliphatic heterocycles. The topological polar surface area (TPSA) is 123 Å². The van der Waals surface area contributed by atoms with Crippen LogP contribution in [0.3, 0.4) is 0 Å². The summed E-state index contributed by atoms with van der Waals surface area (Å²) in [4.78, 5) is 28.7. The number of nitrogens with two attached hydrogens (primary N) is 1. The van der Waals surface area contributed by atoms with Gasteiger partial charge in [0.2, 0.25) is 0 Å². The Bertz CT molecular complexity index is 1210. The molecule has 9 heteroatoms. The highest BCUT2D eigenvalue weighted by Gasteiger charge is 2.42. The van der Waals surface area contributed by atoms with Crippen molar-refractivity contribution in [2.75, 3.05) is 10.9 Å². The lowest BCUT2D eigenvalue weighted by atomic mass is 9.98. The zero-order valence-electron chi connectivity index (χ0n) is 16.3. The molecule has 1 aromatic carbocycles. The Labute approximate surface area is 168 Å². The molecule has 2 heterocycles. The third-order valence-electron chi connectivity index (χ3n) is 5.29. The lowest BCUT2D eigenvalue weighted by Gasteiger charge is -2.13. The van der Waals surface area contributed by atoms with E-state index in [1.54, 1.807) is 32.0 Å². The Morgan fingerprint density at radius 3 is 2.66 bits per heavy atom. The van der Waals surface area contributed by atoms with Gasteiger partial charge in [0.1, 0.15) is 0 Å². The van der Waals surface area contributed by atoms with Crippen molar-refractivity contribution in [2.24, 2.45) is 5.14 Å². The first-order chi connectivity index (χ1) is 13.6. The second-order valence-electron chi connectivity index (χ2n) is 7.19. The fraction of sp³-hybridized carbons (Fsp3) is 0.300. The number of esters is 1. The van der Waals surface area contributed by atoms with Crippen LogP contribution in [0.5, 0.6) is 0 Å². The minimum Gasteiger partial charge on any atom is -0.462 e. The number of benzene rings is 1. The van der Waals surface area contributed by atoms with Crippen LogP contribution in [0.15, 0.2) is 18.2 Å². The molecule has 0 bridgehead atoms. The molecule has 1 aliphatic carbocycles. The average molecular weight is 415 g/mol. The van der Waals surface area contributed by atoms with E-state index in [-0.39, 0.29) is 12.3 Å². The third-order valence-corrected chi connectivity index (χ3v) is 6.16. The van der Waals surface area contributed by atoms with Crippen molar-refractivity contribution in [1.82, 2.24) is 4.98 Å². The first kappa shape index (κ1) is 19.4. The number of anilines is 1. The smallest absolute Gasteiger partial charge is 0.340 e. The second kappa shape index (κ2) is 6.57. The lowest BCUT2D eigenvalue weighted by Crippen LogP contribution is -2.38. The number of aryl methyl sites for hydroxylation is 2. The summed E-state index contributed by atoms with van der Waals surface area (Å²) in [5.74, 6) is -1.09. The lowest BCUT2D eigenvalue weighted by molar-refractivity contribution is -0.111. The van der Waals surface area contributed by atoms with Crippen molar-refractivity contribution in [1.29, 1.82) is 0 Å². The van der Waals surface area contributed by atoms with Crippen LogP contribution in [0.1, 0.15) is 51.8 Å². The van der Waals surface area contributed by atoms with Crippen molar-refractivity contribution in [3.05, 3.63) is 51.8 Å². The molecule has 29 heavy (non-hydrogen) atoms. The molecular weight excluding hydrogens is 394 g/mol. The van der Waals surface area contributed by atoms with Gasteiger partial charge in [0.25, 0.3) is 5.91 Å². The summed E-state index contributed by atoms with van der Waals surface area (Å²) in [5.41, 5.74) is 5.25. The van der Waals surface area contributed by atoms with Crippen LogP contribution < -0.4 is 9.44 Å². The van der Waals surface area contributed by atoms with Crippen molar-refractivity contribution < 1.29 is 22.7 Å². The first-order valence-corrected chi connectivity index (χ1v) is 10.8. The Morgan fingerprint density at radius 2 is 2.00 bits per heavy atom. The van der Waals surface area contributed by atoms with Gasteiger partial charge in [-0.3, -0.25) is 4.79 Å². The highest BCUT2D eigenvalue weighted by molar-refractivity contribution is 7.91. The standard InChI is InChI=1S/C20H21N3O5S/c1-4-28-20(25)16-11(3)22-18-12(16)6-7-13(18)17-14-9-10(2)5-8-15(14)23(19(17)24)29(21,26)27/h5,8-9,22H,4,6-7H2,1-3H3,(H2,21,26,27)/b17-13-. The first-order valence-electron chi connectivity index (χ1n) is 9.25. The number of nitrogens with one attached hydrogen (secondary N) is 1. The number of hydrogen-bond donors (Lipinski definition) is 2. The number of H-pyrrole nitrogens is 1. The molecule has 1 aromatic heterocycles. The number of nitrogens with zero attached hydrogens (tertiary/aromatic N) is 1. The predicted molar refractivity (Wildman–Crippen MR) is 108 cm³/mol. The molecule has 1 amide bonds. The highest BCUT2D eigenvalue weighted by atomic mass is 32.2. The van der Waals surface area contributed by atoms with Crippen LogP contribution in [-0.2, 0) is 26.2 Å². The number of fused-ring (bicyclic) bond motifs is 2. The summed E-state index contributed by atoms with van der Waals surface area (Å²) in [5, 5.41) is 5.33. The molecule has 152 valence electrons. The van der Waals surface area contributed by atoms with E-state index < -0.39 is 22.1 Å². The van der Waals surface area contributed by atoms with Crippen molar-refractivity contribution in [3.8, 4) is 0 Å². The van der Waals surface area contributed by atoms with E-state index in [4.69, 9.17) is 9.88 Å². The summed E-state index contributed by atoms with van der Waals surface area (Å²) in [6.45, 7) is 5.65. The summed E-state index contributed by atoms with van der Waals surface area (Å²) < 4.78 is 30.0. The van der Waals surface area contributed by atoms with Gasteiger partial charge in [-0.1, -0.05) is 11.6 Å². The Hall–Kier alpha value is -2.91. The monoisotopic (exact) mass is 415 g/mol. The highest BCUT2D eigenvalue weighted by Crippen LogP contribution is 2.47. The predicted octanol–water partition coefficient (Wildman–Crippen LogP) is 2.22. The molecule has 3 N–H and O–H groups in total. The molecule has 8 nitrogen and oxygen atoms in total. The molecular formula is C20H21N3O5S.